The van der Waals surface area contributed by atoms with Crippen molar-refractivity contribution in [2.45, 2.75) is 0 Å². The second-order valence-electron chi connectivity index (χ2n) is 1.27. The Balaban J connectivity index is 3.26. The van der Waals surface area contributed by atoms with Crippen molar-refractivity contribution in [3.05, 3.63) is 11.2 Å². The molecule has 0 aliphatic carbocycles. The minimum Gasteiger partial charge on any atom is -0.373 e. The van der Waals surface area contributed by atoms with E-state index in [1.54, 1.807) is 0 Å². The van der Waals surface area contributed by atoms with Crippen LogP contribution < -0.4 is 0 Å². The van der Waals surface area contributed by atoms with Crippen molar-refractivity contribution < 1.29 is 0 Å². The van der Waals surface area contributed by atoms with Crippen LogP contribution in [-0.4, -0.2) is 19.0 Å². The summed E-state index contributed by atoms with van der Waals surface area (Å²) in [6.07, 6.45) is 0. The Bertz CT molecular complexity index is 58.6. The Morgan fingerprint density at radius 1 is 1.67 bits per heavy atom. The van der Waals surface area contributed by atoms with Gasteiger partial charge in [-0.1, -0.05) is 6.58 Å². The van der Waals surface area contributed by atoms with E-state index >= 15 is 0 Å². The first-order valence-electron chi connectivity index (χ1n) is 1.66. The molecule has 0 heterocycles. The first-order valence-corrected chi connectivity index (χ1v) is 2.45. The number of hydrogen-bond acceptors (Lipinski definition) is 1. The maximum absolute atomic E-state index is 3.60. The molecule has 0 N–H and O–H groups in total. The van der Waals surface area contributed by atoms with Crippen LogP contribution in [0.5, 0.6) is 0 Å². The molecule has 0 bridgehead atoms. The Hall–Kier alpha value is 0.0200. The molecule has 1 nitrogen and oxygen atoms in total. The highest BCUT2D eigenvalue weighted by molar-refractivity contribution is 9.11. The highest BCUT2D eigenvalue weighted by Gasteiger charge is 1.81. The van der Waals surface area contributed by atoms with Gasteiger partial charge in [-0.3, -0.25) is 0 Å². The molecule has 0 aromatic rings. The van der Waals surface area contributed by atoms with Crippen molar-refractivity contribution >= 4 is 15.9 Å². The van der Waals surface area contributed by atoms with E-state index in [9.17, 15) is 0 Å². The summed E-state index contributed by atoms with van der Waals surface area (Å²) >= 11 is 3.17. The molecular weight excluding hydrogens is 142 g/mol. The SMILES string of the molecule is C=C(Br)N(C)C. The highest BCUT2D eigenvalue weighted by atomic mass is 79.9. The first-order chi connectivity index (χ1) is 2.64. The van der Waals surface area contributed by atoms with Crippen LogP contribution in [0.4, 0.5) is 0 Å². The smallest absolute Gasteiger partial charge is 0.0727 e. The predicted octanol–water partition coefficient (Wildman–Crippen LogP) is 1.41. The van der Waals surface area contributed by atoms with E-state index in [0.29, 0.717) is 0 Å². The minimum absolute atomic E-state index is 0.905. The first kappa shape index (κ1) is 6.02. The number of rotatable bonds is 1. The van der Waals surface area contributed by atoms with E-state index in [-0.39, 0.29) is 0 Å². The van der Waals surface area contributed by atoms with Crippen LogP contribution in [0.3, 0.4) is 0 Å². The largest absolute Gasteiger partial charge is 0.373 e. The van der Waals surface area contributed by atoms with Crippen molar-refractivity contribution in [1.82, 2.24) is 4.90 Å². The van der Waals surface area contributed by atoms with E-state index in [0.717, 1.165) is 4.61 Å². The molecule has 0 fully saturated rings. The van der Waals surface area contributed by atoms with Gasteiger partial charge in [0, 0.05) is 14.1 Å². The molecule has 0 spiro atoms. The molecule has 0 unspecified atom stereocenters. The minimum atomic E-state index is 0.905. The van der Waals surface area contributed by atoms with Gasteiger partial charge in [0.15, 0.2) is 0 Å². The predicted molar refractivity (Wildman–Crippen MR) is 31.8 cm³/mol. The summed E-state index contributed by atoms with van der Waals surface area (Å²) < 4.78 is 0.905. The van der Waals surface area contributed by atoms with Crippen molar-refractivity contribution in [3.63, 3.8) is 0 Å². The second kappa shape index (κ2) is 2.24. The fraction of sp³-hybridized carbons (Fsp3) is 0.500. The van der Waals surface area contributed by atoms with Crippen molar-refractivity contribution in [3.8, 4) is 0 Å². The van der Waals surface area contributed by atoms with Crippen LogP contribution in [0, 0.1) is 0 Å². The molecule has 0 amide bonds. The van der Waals surface area contributed by atoms with Gasteiger partial charge in [0.05, 0.1) is 4.61 Å². The maximum Gasteiger partial charge on any atom is 0.0727 e. The molecule has 0 aromatic carbocycles. The zero-order chi connectivity index (χ0) is 5.15. The lowest BCUT2D eigenvalue weighted by atomic mass is 10.9. The fourth-order valence-electron chi connectivity index (χ4n) is 0. The standard InChI is InChI=1S/C4H8BrN/c1-4(5)6(2)3/h1H2,2-3H3. The van der Waals surface area contributed by atoms with Crippen LogP contribution in [0.15, 0.2) is 11.2 Å². The lowest BCUT2D eigenvalue weighted by molar-refractivity contribution is 0.555. The van der Waals surface area contributed by atoms with Gasteiger partial charge in [-0.2, -0.15) is 0 Å². The quantitative estimate of drug-likeness (QED) is 0.511. The van der Waals surface area contributed by atoms with Gasteiger partial charge in [0.1, 0.15) is 0 Å². The van der Waals surface area contributed by atoms with E-state index in [1.165, 1.54) is 0 Å². The van der Waals surface area contributed by atoms with Crippen LogP contribution in [0.2, 0.25) is 0 Å². The molecule has 0 saturated carbocycles. The molecule has 0 saturated heterocycles. The van der Waals surface area contributed by atoms with E-state index in [4.69, 9.17) is 0 Å². The van der Waals surface area contributed by atoms with Crippen LogP contribution in [0.25, 0.3) is 0 Å². The molecule has 0 atom stereocenters. The monoisotopic (exact) mass is 149 g/mol. The topological polar surface area (TPSA) is 3.24 Å². The summed E-state index contributed by atoms with van der Waals surface area (Å²) in [5, 5.41) is 0. The zero-order valence-electron chi connectivity index (χ0n) is 4.03. The van der Waals surface area contributed by atoms with Gasteiger partial charge in [0.2, 0.25) is 0 Å². The summed E-state index contributed by atoms with van der Waals surface area (Å²) in [5.41, 5.74) is 0. The molecule has 0 rings (SSSR count). The summed E-state index contributed by atoms with van der Waals surface area (Å²) in [6.45, 7) is 3.60. The van der Waals surface area contributed by atoms with Crippen molar-refractivity contribution in [2.75, 3.05) is 14.1 Å². The Morgan fingerprint density at radius 2 is 1.83 bits per heavy atom. The highest BCUT2D eigenvalue weighted by Crippen LogP contribution is 2.00. The molecular formula is C4H8BrN. The fourth-order valence-corrected chi connectivity index (χ4v) is 0. The van der Waals surface area contributed by atoms with E-state index < -0.39 is 0 Å². The van der Waals surface area contributed by atoms with Gasteiger partial charge >= 0.3 is 0 Å². The van der Waals surface area contributed by atoms with E-state index in [2.05, 4.69) is 22.5 Å². The van der Waals surface area contributed by atoms with Gasteiger partial charge < -0.3 is 4.90 Å². The maximum atomic E-state index is 3.60. The Morgan fingerprint density at radius 3 is 1.83 bits per heavy atom. The lowest BCUT2D eigenvalue weighted by Crippen LogP contribution is -2.03. The average molecular weight is 150 g/mol. The van der Waals surface area contributed by atoms with Gasteiger partial charge in [-0.15, -0.1) is 0 Å². The van der Waals surface area contributed by atoms with Gasteiger partial charge in [0.25, 0.3) is 0 Å². The molecule has 0 aliphatic rings. The number of nitrogens with zero attached hydrogens (tertiary/aromatic N) is 1. The number of hydrogen-bond donors (Lipinski definition) is 0. The Labute approximate surface area is 46.8 Å². The van der Waals surface area contributed by atoms with Crippen LogP contribution in [-0.2, 0) is 0 Å². The summed E-state index contributed by atoms with van der Waals surface area (Å²) in [5.74, 6) is 0. The normalized spacial score (nSPS) is 7.83. The third-order valence-corrected chi connectivity index (χ3v) is 1.19. The van der Waals surface area contributed by atoms with E-state index in [1.807, 2.05) is 19.0 Å². The van der Waals surface area contributed by atoms with Crippen molar-refractivity contribution in [1.29, 1.82) is 0 Å². The lowest BCUT2D eigenvalue weighted by Gasteiger charge is -2.06. The molecule has 6 heavy (non-hydrogen) atoms. The molecule has 0 aliphatic heterocycles. The molecule has 2 heteroatoms. The van der Waals surface area contributed by atoms with Gasteiger partial charge in [-0.25, -0.2) is 0 Å². The molecule has 36 valence electrons. The summed E-state index contributed by atoms with van der Waals surface area (Å²) in [7, 11) is 3.86. The summed E-state index contributed by atoms with van der Waals surface area (Å²) in [6, 6.07) is 0. The average Bonchev–Trinajstić information content (AvgIpc) is 1.36. The zero-order valence-corrected chi connectivity index (χ0v) is 5.62. The number of halogens is 1. The van der Waals surface area contributed by atoms with Crippen LogP contribution in [0.1, 0.15) is 0 Å². The van der Waals surface area contributed by atoms with Crippen molar-refractivity contribution in [2.24, 2.45) is 0 Å². The summed E-state index contributed by atoms with van der Waals surface area (Å²) in [4.78, 5) is 1.89. The molecule has 0 radical (unpaired) electrons. The third-order valence-electron chi connectivity index (χ3n) is 0.485. The second-order valence-corrected chi connectivity index (χ2v) is 2.19. The third kappa shape index (κ3) is 2.27. The molecule has 0 aromatic heterocycles. The Kier molecular flexibility index (Phi) is 2.25. The van der Waals surface area contributed by atoms with Gasteiger partial charge in [-0.05, 0) is 15.9 Å². The van der Waals surface area contributed by atoms with Crippen LogP contribution >= 0.6 is 15.9 Å².